The summed E-state index contributed by atoms with van der Waals surface area (Å²) in [5, 5.41) is 12.3. The van der Waals surface area contributed by atoms with E-state index in [9.17, 15) is 4.79 Å². The van der Waals surface area contributed by atoms with Crippen molar-refractivity contribution in [1.29, 1.82) is 0 Å². The van der Waals surface area contributed by atoms with Crippen molar-refractivity contribution in [2.75, 3.05) is 12.4 Å². The summed E-state index contributed by atoms with van der Waals surface area (Å²) in [5.41, 5.74) is 0.462. The highest BCUT2D eigenvalue weighted by Gasteiger charge is 2.27. The number of hydrogen-bond acceptors (Lipinski definition) is 6. The van der Waals surface area contributed by atoms with Gasteiger partial charge in [-0.05, 0) is 18.9 Å². The molecule has 0 saturated heterocycles. The Morgan fingerprint density at radius 3 is 2.89 bits per heavy atom. The summed E-state index contributed by atoms with van der Waals surface area (Å²) < 4.78 is 4.94. The quantitative estimate of drug-likeness (QED) is 0.925. The van der Waals surface area contributed by atoms with Crippen LogP contribution in [0.25, 0.3) is 0 Å². The van der Waals surface area contributed by atoms with Gasteiger partial charge in [0.1, 0.15) is 5.01 Å². The molecule has 3 rings (SSSR count). The first-order valence-corrected chi connectivity index (χ1v) is 6.72. The first kappa shape index (κ1) is 12.0. The van der Waals surface area contributed by atoms with Crippen molar-refractivity contribution in [3.63, 3.8) is 0 Å². The molecule has 1 saturated carbocycles. The molecule has 0 spiro atoms. The summed E-state index contributed by atoms with van der Waals surface area (Å²) in [4.78, 5) is 15.9. The second-order valence-corrected chi connectivity index (χ2v) is 5.27. The van der Waals surface area contributed by atoms with E-state index in [4.69, 9.17) is 4.74 Å². The Balaban J connectivity index is 1.68. The molecule has 1 fully saturated rings. The standard InChI is InChI=1S/C12H12N4O2S/c1-18-9-5-4-8(6-13-9)10(17)14-12-16-15-11(19-12)7-2-3-7/h4-7H,2-3H2,1H3,(H,14,16,17). The fourth-order valence-corrected chi connectivity index (χ4v) is 2.49. The van der Waals surface area contributed by atoms with E-state index < -0.39 is 0 Å². The maximum Gasteiger partial charge on any atom is 0.259 e. The van der Waals surface area contributed by atoms with Gasteiger partial charge in [-0.15, -0.1) is 10.2 Å². The maximum atomic E-state index is 12.0. The monoisotopic (exact) mass is 276 g/mol. The summed E-state index contributed by atoms with van der Waals surface area (Å²) in [6, 6.07) is 3.30. The van der Waals surface area contributed by atoms with Gasteiger partial charge >= 0.3 is 0 Å². The van der Waals surface area contributed by atoms with Crippen molar-refractivity contribution in [2.45, 2.75) is 18.8 Å². The number of nitrogens with zero attached hydrogens (tertiary/aromatic N) is 3. The minimum Gasteiger partial charge on any atom is -0.481 e. The Kier molecular flexibility index (Phi) is 3.12. The van der Waals surface area contributed by atoms with Crippen molar-refractivity contribution < 1.29 is 9.53 Å². The second kappa shape index (κ2) is 4.93. The van der Waals surface area contributed by atoms with Gasteiger partial charge in [0.25, 0.3) is 5.91 Å². The molecule has 6 nitrogen and oxygen atoms in total. The Morgan fingerprint density at radius 1 is 1.42 bits per heavy atom. The first-order valence-electron chi connectivity index (χ1n) is 5.91. The average Bonchev–Trinajstić information content (AvgIpc) is 3.20. The van der Waals surface area contributed by atoms with Crippen molar-refractivity contribution in [1.82, 2.24) is 15.2 Å². The lowest BCUT2D eigenvalue weighted by Gasteiger charge is -2.01. The molecule has 2 aromatic heterocycles. The minimum absolute atomic E-state index is 0.242. The molecular formula is C12H12N4O2S. The zero-order valence-electron chi connectivity index (χ0n) is 10.3. The van der Waals surface area contributed by atoms with Crippen LogP contribution in [0.15, 0.2) is 18.3 Å². The van der Waals surface area contributed by atoms with Crippen molar-refractivity contribution >= 4 is 22.4 Å². The predicted octanol–water partition coefficient (Wildman–Crippen LogP) is 2.07. The van der Waals surface area contributed by atoms with Crippen LogP contribution in [0, 0.1) is 0 Å². The van der Waals surface area contributed by atoms with E-state index in [1.54, 1.807) is 12.1 Å². The maximum absolute atomic E-state index is 12.0. The Hall–Kier alpha value is -2.02. The summed E-state index contributed by atoms with van der Waals surface area (Å²) in [5.74, 6) is 0.781. The number of nitrogens with one attached hydrogen (secondary N) is 1. The first-order chi connectivity index (χ1) is 9.26. The van der Waals surface area contributed by atoms with Crippen LogP contribution in [0.1, 0.15) is 34.1 Å². The van der Waals surface area contributed by atoms with Crippen LogP contribution >= 0.6 is 11.3 Å². The highest BCUT2D eigenvalue weighted by molar-refractivity contribution is 7.15. The van der Waals surface area contributed by atoms with E-state index in [1.165, 1.54) is 37.5 Å². The SMILES string of the molecule is COc1ccc(C(=O)Nc2nnc(C3CC3)s2)cn1. The molecular weight excluding hydrogens is 264 g/mol. The van der Waals surface area contributed by atoms with Gasteiger partial charge in [0.2, 0.25) is 11.0 Å². The van der Waals surface area contributed by atoms with Crippen LogP contribution in [0.2, 0.25) is 0 Å². The fraction of sp³-hybridized carbons (Fsp3) is 0.333. The summed E-state index contributed by atoms with van der Waals surface area (Å²) >= 11 is 1.43. The van der Waals surface area contributed by atoms with E-state index >= 15 is 0 Å². The number of methoxy groups -OCH3 is 1. The molecule has 19 heavy (non-hydrogen) atoms. The number of rotatable bonds is 4. The Morgan fingerprint density at radius 2 is 2.26 bits per heavy atom. The molecule has 1 N–H and O–H groups in total. The summed E-state index contributed by atoms with van der Waals surface area (Å²) in [6.45, 7) is 0. The van der Waals surface area contributed by atoms with Gasteiger partial charge in [-0.3, -0.25) is 10.1 Å². The molecule has 98 valence electrons. The molecule has 0 bridgehead atoms. The van der Waals surface area contributed by atoms with Gasteiger partial charge in [-0.1, -0.05) is 11.3 Å². The van der Waals surface area contributed by atoms with Crippen molar-refractivity contribution in [2.24, 2.45) is 0 Å². The average molecular weight is 276 g/mol. The number of aromatic nitrogens is 3. The highest BCUT2D eigenvalue weighted by Crippen LogP contribution is 2.42. The molecule has 1 aliphatic carbocycles. The zero-order chi connectivity index (χ0) is 13.2. The van der Waals surface area contributed by atoms with Crippen LogP contribution < -0.4 is 10.1 Å². The van der Waals surface area contributed by atoms with E-state index in [2.05, 4.69) is 20.5 Å². The Labute approximate surface area is 113 Å². The second-order valence-electron chi connectivity index (χ2n) is 4.26. The van der Waals surface area contributed by atoms with Crippen molar-refractivity contribution in [3.05, 3.63) is 28.9 Å². The molecule has 1 amide bonds. The number of carbonyl (C=O) groups excluding carboxylic acids is 1. The van der Waals surface area contributed by atoms with Gasteiger partial charge < -0.3 is 4.74 Å². The third-order valence-electron chi connectivity index (χ3n) is 2.80. The van der Waals surface area contributed by atoms with Crippen LogP contribution in [0.3, 0.4) is 0 Å². The van der Waals surface area contributed by atoms with Gasteiger partial charge in [0.15, 0.2) is 0 Å². The van der Waals surface area contributed by atoms with E-state index in [0.717, 1.165) is 5.01 Å². The van der Waals surface area contributed by atoms with Crippen LogP contribution in [-0.2, 0) is 0 Å². The molecule has 2 heterocycles. The molecule has 0 unspecified atom stereocenters. The molecule has 0 aliphatic heterocycles. The van der Waals surface area contributed by atoms with Gasteiger partial charge in [0, 0.05) is 18.2 Å². The molecule has 0 aromatic carbocycles. The van der Waals surface area contributed by atoms with E-state index in [0.29, 0.717) is 22.5 Å². The topological polar surface area (TPSA) is 77.0 Å². The third kappa shape index (κ3) is 2.70. The van der Waals surface area contributed by atoms with Gasteiger partial charge in [0.05, 0.1) is 12.7 Å². The fourth-order valence-electron chi connectivity index (χ4n) is 1.58. The highest BCUT2D eigenvalue weighted by atomic mass is 32.1. The molecule has 7 heteroatoms. The lowest BCUT2D eigenvalue weighted by Crippen LogP contribution is -2.12. The minimum atomic E-state index is -0.242. The van der Waals surface area contributed by atoms with Gasteiger partial charge in [-0.2, -0.15) is 0 Å². The summed E-state index contributed by atoms with van der Waals surface area (Å²) in [6.07, 6.45) is 3.81. The lowest BCUT2D eigenvalue weighted by molar-refractivity contribution is 0.102. The molecule has 0 radical (unpaired) electrons. The normalized spacial score (nSPS) is 14.2. The molecule has 1 aliphatic rings. The third-order valence-corrected chi connectivity index (χ3v) is 3.80. The molecule has 2 aromatic rings. The number of hydrogen-bond donors (Lipinski definition) is 1. The predicted molar refractivity (Wildman–Crippen MR) is 70.6 cm³/mol. The van der Waals surface area contributed by atoms with Crippen molar-refractivity contribution in [3.8, 4) is 5.88 Å². The Bertz CT molecular complexity index is 592. The number of carbonyl (C=O) groups is 1. The van der Waals surface area contributed by atoms with Gasteiger partial charge in [-0.25, -0.2) is 4.98 Å². The largest absolute Gasteiger partial charge is 0.481 e. The number of anilines is 1. The van der Waals surface area contributed by atoms with E-state index in [1.807, 2.05) is 0 Å². The lowest BCUT2D eigenvalue weighted by atomic mass is 10.3. The zero-order valence-corrected chi connectivity index (χ0v) is 11.1. The smallest absolute Gasteiger partial charge is 0.259 e. The summed E-state index contributed by atoms with van der Waals surface area (Å²) in [7, 11) is 1.53. The number of amides is 1. The van der Waals surface area contributed by atoms with Crippen LogP contribution in [0.4, 0.5) is 5.13 Å². The molecule has 0 atom stereocenters. The number of ether oxygens (including phenoxy) is 1. The number of pyridine rings is 1. The van der Waals surface area contributed by atoms with E-state index in [-0.39, 0.29) is 5.91 Å². The van der Waals surface area contributed by atoms with Crippen LogP contribution in [-0.4, -0.2) is 28.2 Å². The van der Waals surface area contributed by atoms with Crippen LogP contribution in [0.5, 0.6) is 5.88 Å².